The Bertz CT molecular complexity index is 759. The number of furan rings is 1. The van der Waals surface area contributed by atoms with Gasteiger partial charge in [-0.15, -0.1) is 0 Å². The van der Waals surface area contributed by atoms with Gasteiger partial charge in [-0.25, -0.2) is 22.9 Å². The van der Waals surface area contributed by atoms with E-state index in [9.17, 15) is 13.2 Å². The van der Waals surface area contributed by atoms with Crippen molar-refractivity contribution in [1.82, 2.24) is 14.7 Å². The molecular formula is C11H10ClN3O5S. The van der Waals surface area contributed by atoms with Crippen LogP contribution in [-0.2, 0) is 21.3 Å². The van der Waals surface area contributed by atoms with E-state index in [1.807, 2.05) is 0 Å². The largest absolute Gasteiger partial charge is 0.465 e. The standard InChI is InChI=1S/C11H10ClN3O5S/c1-19-11(16)7-4-9(20-6-7)21(17,18)15-5-8-10(12)14-3-2-13-8/h2-4,6,15H,5H2,1H3. The first-order valence-corrected chi connectivity index (χ1v) is 7.42. The van der Waals surface area contributed by atoms with Crippen LogP contribution in [0.4, 0.5) is 0 Å². The van der Waals surface area contributed by atoms with Crippen LogP contribution in [0.3, 0.4) is 0 Å². The summed E-state index contributed by atoms with van der Waals surface area (Å²) in [5.41, 5.74) is 0.262. The summed E-state index contributed by atoms with van der Waals surface area (Å²) in [5.74, 6) is -0.697. The molecule has 0 spiro atoms. The monoisotopic (exact) mass is 331 g/mol. The molecule has 8 nitrogen and oxygen atoms in total. The highest BCUT2D eigenvalue weighted by Gasteiger charge is 2.21. The van der Waals surface area contributed by atoms with Crippen LogP contribution in [0.1, 0.15) is 16.1 Å². The SMILES string of the molecule is COC(=O)c1coc(S(=O)(=O)NCc2nccnc2Cl)c1. The molecule has 0 saturated carbocycles. The van der Waals surface area contributed by atoms with Gasteiger partial charge >= 0.3 is 5.97 Å². The maximum Gasteiger partial charge on any atom is 0.341 e. The van der Waals surface area contributed by atoms with Gasteiger partial charge < -0.3 is 9.15 Å². The molecule has 0 unspecified atom stereocenters. The van der Waals surface area contributed by atoms with Crippen molar-refractivity contribution < 1.29 is 22.4 Å². The first-order valence-electron chi connectivity index (χ1n) is 5.56. The molecule has 2 rings (SSSR count). The number of methoxy groups -OCH3 is 1. The van der Waals surface area contributed by atoms with Crippen LogP contribution in [-0.4, -0.2) is 31.5 Å². The van der Waals surface area contributed by atoms with E-state index in [1.165, 1.54) is 19.5 Å². The number of nitrogens with one attached hydrogen (secondary N) is 1. The van der Waals surface area contributed by atoms with Crippen molar-refractivity contribution in [3.8, 4) is 0 Å². The molecule has 0 radical (unpaired) electrons. The first kappa shape index (κ1) is 15.4. The van der Waals surface area contributed by atoms with Gasteiger partial charge in [-0.05, 0) is 0 Å². The quantitative estimate of drug-likeness (QED) is 0.813. The van der Waals surface area contributed by atoms with Crippen molar-refractivity contribution in [3.63, 3.8) is 0 Å². The molecule has 21 heavy (non-hydrogen) atoms. The first-order chi connectivity index (χ1) is 9.94. The molecule has 2 heterocycles. The minimum absolute atomic E-state index is 0.00425. The number of carbonyl (C=O) groups is 1. The number of rotatable bonds is 5. The molecule has 0 atom stereocenters. The number of ether oxygens (including phenoxy) is 1. The van der Waals surface area contributed by atoms with Gasteiger partial charge in [-0.2, -0.15) is 0 Å². The summed E-state index contributed by atoms with van der Waals surface area (Å²) in [6, 6.07) is 1.06. The second kappa shape index (κ2) is 6.20. The Labute approximate surface area is 125 Å². The maximum atomic E-state index is 12.0. The molecule has 0 saturated heterocycles. The van der Waals surface area contributed by atoms with Crippen LogP contribution in [0.2, 0.25) is 5.15 Å². The molecule has 112 valence electrons. The van der Waals surface area contributed by atoms with E-state index in [1.54, 1.807) is 0 Å². The molecule has 0 aliphatic carbocycles. The molecule has 0 fully saturated rings. The number of hydrogen-bond donors (Lipinski definition) is 1. The van der Waals surface area contributed by atoms with E-state index >= 15 is 0 Å². The Kier molecular flexibility index (Phi) is 4.56. The summed E-state index contributed by atoms with van der Waals surface area (Å²) in [4.78, 5) is 18.9. The highest BCUT2D eigenvalue weighted by molar-refractivity contribution is 7.89. The normalized spacial score (nSPS) is 11.3. The Morgan fingerprint density at radius 2 is 2.14 bits per heavy atom. The lowest BCUT2D eigenvalue weighted by atomic mass is 10.3. The fourth-order valence-electron chi connectivity index (χ4n) is 1.39. The van der Waals surface area contributed by atoms with Crippen LogP contribution >= 0.6 is 11.6 Å². The Hall–Kier alpha value is -1.97. The van der Waals surface area contributed by atoms with E-state index in [-0.39, 0.29) is 23.0 Å². The zero-order valence-electron chi connectivity index (χ0n) is 10.7. The topological polar surface area (TPSA) is 111 Å². The van der Waals surface area contributed by atoms with Gasteiger partial charge in [0.1, 0.15) is 6.26 Å². The highest BCUT2D eigenvalue weighted by atomic mass is 35.5. The summed E-state index contributed by atoms with van der Waals surface area (Å²) in [6.07, 6.45) is 3.77. The predicted octanol–water partition coefficient (Wildman–Crippen LogP) is 0.988. The number of carbonyl (C=O) groups excluding carboxylic acids is 1. The van der Waals surface area contributed by atoms with E-state index in [0.29, 0.717) is 0 Å². The molecule has 2 aromatic rings. The van der Waals surface area contributed by atoms with E-state index in [4.69, 9.17) is 16.0 Å². The van der Waals surface area contributed by atoms with Gasteiger partial charge in [0.15, 0.2) is 5.15 Å². The fourth-order valence-corrected chi connectivity index (χ4v) is 2.48. The molecular weight excluding hydrogens is 322 g/mol. The molecule has 0 aliphatic heterocycles. The van der Waals surface area contributed by atoms with Crippen LogP contribution < -0.4 is 4.72 Å². The summed E-state index contributed by atoms with van der Waals surface area (Å²) < 4.78 is 35.5. The van der Waals surface area contributed by atoms with Crippen molar-refractivity contribution >= 4 is 27.6 Å². The minimum atomic E-state index is -3.95. The zero-order valence-corrected chi connectivity index (χ0v) is 12.3. The smallest absolute Gasteiger partial charge is 0.341 e. The number of sulfonamides is 1. The van der Waals surface area contributed by atoms with E-state index in [0.717, 1.165) is 12.3 Å². The average Bonchev–Trinajstić information content (AvgIpc) is 2.96. The Morgan fingerprint density at radius 1 is 1.43 bits per heavy atom. The third kappa shape index (κ3) is 3.57. The summed E-state index contributed by atoms with van der Waals surface area (Å²) in [6.45, 7) is -0.163. The molecule has 0 bridgehead atoms. The Balaban J connectivity index is 2.14. The predicted molar refractivity (Wildman–Crippen MR) is 71.1 cm³/mol. The van der Waals surface area contributed by atoms with Crippen molar-refractivity contribution in [3.05, 3.63) is 41.1 Å². The van der Waals surface area contributed by atoms with Gasteiger partial charge in [0, 0.05) is 18.5 Å². The lowest BCUT2D eigenvalue weighted by Crippen LogP contribution is -2.23. The minimum Gasteiger partial charge on any atom is -0.465 e. The Morgan fingerprint density at radius 3 is 2.81 bits per heavy atom. The lowest BCUT2D eigenvalue weighted by Gasteiger charge is -2.04. The van der Waals surface area contributed by atoms with Crippen LogP contribution in [0.15, 0.2) is 34.2 Å². The van der Waals surface area contributed by atoms with Crippen LogP contribution in [0.5, 0.6) is 0 Å². The second-order valence-electron chi connectivity index (χ2n) is 3.76. The molecule has 2 aromatic heterocycles. The molecule has 1 N–H and O–H groups in total. The fraction of sp³-hybridized carbons (Fsp3) is 0.182. The molecule has 0 aromatic carbocycles. The summed E-state index contributed by atoms with van der Waals surface area (Å²) in [7, 11) is -2.77. The van der Waals surface area contributed by atoms with Gasteiger partial charge in [0.05, 0.1) is 24.9 Å². The van der Waals surface area contributed by atoms with Crippen molar-refractivity contribution in [2.24, 2.45) is 0 Å². The third-order valence-electron chi connectivity index (χ3n) is 2.41. The molecule has 10 heteroatoms. The average molecular weight is 332 g/mol. The van der Waals surface area contributed by atoms with Gasteiger partial charge in [0.25, 0.3) is 10.0 Å². The van der Waals surface area contributed by atoms with Crippen molar-refractivity contribution in [1.29, 1.82) is 0 Å². The van der Waals surface area contributed by atoms with Crippen molar-refractivity contribution in [2.45, 2.75) is 11.6 Å². The number of esters is 1. The van der Waals surface area contributed by atoms with Gasteiger partial charge in [-0.1, -0.05) is 11.6 Å². The number of hydrogen-bond acceptors (Lipinski definition) is 7. The van der Waals surface area contributed by atoms with Crippen LogP contribution in [0, 0.1) is 0 Å². The lowest BCUT2D eigenvalue weighted by molar-refractivity contribution is 0.0600. The number of halogens is 1. The zero-order chi connectivity index (χ0) is 15.5. The van der Waals surface area contributed by atoms with E-state index < -0.39 is 21.1 Å². The van der Waals surface area contributed by atoms with Gasteiger partial charge in [-0.3, -0.25) is 4.98 Å². The third-order valence-corrected chi connectivity index (χ3v) is 4.00. The highest BCUT2D eigenvalue weighted by Crippen LogP contribution is 2.15. The van der Waals surface area contributed by atoms with Crippen molar-refractivity contribution in [2.75, 3.05) is 7.11 Å². The number of aromatic nitrogens is 2. The molecule has 0 aliphatic rings. The maximum absolute atomic E-state index is 12.0. The summed E-state index contributed by atoms with van der Waals surface area (Å²) >= 11 is 5.77. The van der Waals surface area contributed by atoms with Crippen LogP contribution in [0.25, 0.3) is 0 Å². The summed E-state index contributed by atoms with van der Waals surface area (Å²) in [5, 5.41) is -0.321. The van der Waals surface area contributed by atoms with E-state index in [2.05, 4.69) is 19.4 Å². The molecule has 0 amide bonds. The second-order valence-corrected chi connectivity index (χ2v) is 5.82. The van der Waals surface area contributed by atoms with Gasteiger partial charge in [0.2, 0.25) is 5.09 Å². The number of nitrogens with zero attached hydrogens (tertiary/aromatic N) is 2.